The van der Waals surface area contributed by atoms with Crippen LogP contribution < -0.4 is 39.8 Å². The summed E-state index contributed by atoms with van der Waals surface area (Å²) in [6, 6.07) is 63.9. The first-order valence-electron chi connectivity index (χ1n) is 25.5. The number of nitrogens with one attached hydrogen (secondary N) is 3. The topological polar surface area (TPSA) is 171 Å². The Labute approximate surface area is 637 Å². The van der Waals surface area contributed by atoms with E-state index in [1.54, 1.807) is 102 Å². The average Bonchev–Trinajstić information content (AvgIpc) is 3.53. The molecule has 3 N–H and O–H groups in total. The first kappa shape index (κ1) is 103. The van der Waals surface area contributed by atoms with E-state index in [1.807, 2.05) is 85.9 Å². The number of ether oxygens (including phenoxy) is 4. The van der Waals surface area contributed by atoms with Crippen molar-refractivity contribution in [3.8, 4) is 47.3 Å². The molecule has 0 aromatic heterocycles. The normalized spacial score (nSPS) is 8.27. The van der Waals surface area contributed by atoms with E-state index in [9.17, 15) is 8.78 Å². The van der Waals surface area contributed by atoms with Gasteiger partial charge in [0.1, 0.15) is 28.9 Å². The molecule has 0 fully saturated rings. The Morgan fingerprint density at radius 3 is 1.16 bits per heavy atom. The molecule has 0 atom stereocenters. The van der Waals surface area contributed by atoms with Gasteiger partial charge in [-0.3, -0.25) is 14.1 Å². The smallest absolute Gasteiger partial charge is 0.126 e. The Kier molecular flexibility index (Phi) is 74.9. The van der Waals surface area contributed by atoms with E-state index in [0.717, 1.165) is 41.5 Å². The van der Waals surface area contributed by atoms with Gasteiger partial charge in [-0.1, -0.05) is 71.7 Å². The second-order valence-electron chi connectivity index (χ2n) is 16.2. The van der Waals surface area contributed by atoms with Gasteiger partial charge in [0.25, 0.3) is 0 Å². The molecule has 512 valence electrons. The van der Waals surface area contributed by atoms with Crippen LogP contribution in [0.25, 0.3) is 0 Å². The number of hydrogen-bond acceptors (Lipinski definition) is 12. The Balaban J connectivity index is -0.000000144. The largest absolute Gasteiger partial charge is 0.665 e. The minimum Gasteiger partial charge on any atom is -0.665 e. The van der Waals surface area contributed by atoms with Gasteiger partial charge >= 0.3 is 0 Å². The molecule has 0 aliphatic heterocycles. The molecule has 8 rings (SSSR count). The fraction of sp³-hybridized carbons (Fsp3) is 0.118. The number of anilines is 4. The van der Waals surface area contributed by atoms with E-state index in [1.165, 1.54) is 24.3 Å². The monoisotopic (exact) mass is 1640 g/mol. The van der Waals surface area contributed by atoms with Crippen molar-refractivity contribution in [2.75, 3.05) is 60.8 Å². The molecular weight excluding hydrogens is 1570 g/mol. The fourth-order valence-corrected chi connectivity index (χ4v) is 6.30. The maximum absolute atomic E-state index is 12.5. The summed E-state index contributed by atoms with van der Waals surface area (Å²) in [6.07, 6.45) is 1.54. The Morgan fingerprint density at radius 2 is 0.804 bits per heavy atom. The Bertz CT molecular complexity index is 3240. The van der Waals surface area contributed by atoms with Crippen molar-refractivity contribution in [1.82, 2.24) is 0 Å². The molecule has 12 nitrogen and oxygen atoms in total. The summed E-state index contributed by atoms with van der Waals surface area (Å²) in [6.45, 7) is 20.7. The van der Waals surface area contributed by atoms with Crippen molar-refractivity contribution in [2.24, 2.45) is 0 Å². The van der Waals surface area contributed by atoms with Crippen molar-refractivity contribution in [1.29, 1.82) is 21.0 Å². The fourth-order valence-electron chi connectivity index (χ4n) is 5.94. The maximum atomic E-state index is 12.5. The molecule has 0 bridgehead atoms. The summed E-state index contributed by atoms with van der Waals surface area (Å²) in [5.41, 5.74) is 6.40. The maximum Gasteiger partial charge on any atom is 0.126 e. The van der Waals surface area contributed by atoms with E-state index in [2.05, 4.69) is 94.7 Å². The first-order valence-corrected chi connectivity index (χ1v) is 26.2. The van der Waals surface area contributed by atoms with Gasteiger partial charge in [-0.15, -0.1) is 13.0 Å². The molecule has 8 aromatic carbocycles. The second kappa shape index (κ2) is 67.0. The molecule has 0 aliphatic rings. The molecule has 0 amide bonds. The zero-order valence-corrected chi connectivity index (χ0v) is 59.5. The van der Waals surface area contributed by atoms with Crippen LogP contribution >= 0.6 is 23.2 Å². The summed E-state index contributed by atoms with van der Waals surface area (Å²) < 4.78 is 44.7. The van der Waals surface area contributed by atoms with Gasteiger partial charge in [-0.2, -0.15) is 34.6 Å². The van der Waals surface area contributed by atoms with E-state index in [4.69, 9.17) is 58.5 Å². The Hall–Kier alpha value is -5.39. The van der Waals surface area contributed by atoms with Gasteiger partial charge in [-0.05, 0) is 160 Å². The number of nitrogens with zero attached hydrogens (tertiary/aromatic N) is 5. The molecule has 0 saturated carbocycles. The minimum atomic E-state index is -0.286. The van der Waals surface area contributed by atoms with E-state index < -0.39 is 0 Å². The number of hydrogen-bond donors (Lipinski definition) is 3. The quantitative estimate of drug-likeness (QED) is 0.0831. The van der Waals surface area contributed by atoms with Gasteiger partial charge in [0.15, 0.2) is 0 Å². The van der Waals surface area contributed by atoms with E-state index in [-0.39, 0.29) is 146 Å². The second-order valence-corrected chi connectivity index (χ2v) is 17.1. The van der Waals surface area contributed by atoms with Gasteiger partial charge in [0.2, 0.25) is 0 Å². The third-order valence-electron chi connectivity index (χ3n) is 9.73. The van der Waals surface area contributed by atoms with Crippen molar-refractivity contribution >= 4 is 46.0 Å². The van der Waals surface area contributed by atoms with E-state index in [0.29, 0.717) is 82.3 Å². The van der Waals surface area contributed by atoms with Gasteiger partial charge in [0, 0.05) is 179 Å². The minimum absolute atomic E-state index is 0. The molecule has 8 aromatic rings. The number of rotatable bonds is 15. The molecule has 0 heterocycles. The van der Waals surface area contributed by atoms with Crippen LogP contribution in [0, 0.1) is 113 Å². The van der Waals surface area contributed by atoms with Crippen LogP contribution in [0.5, 0.6) is 23.0 Å². The van der Waals surface area contributed by atoms with Crippen LogP contribution in [0.3, 0.4) is 0 Å². The van der Waals surface area contributed by atoms with Crippen LogP contribution in [0.4, 0.5) is 31.5 Å². The predicted octanol–water partition coefficient (Wildman–Crippen LogP) is 17.1. The van der Waals surface area contributed by atoms with Gasteiger partial charge < -0.3 is 74.4 Å². The standard InChI is InChI=1S/C10H11N2.C9H10FO.2C9H9N2.C8H8ClO.C8H8FO.C8H7N2.C7H6ClO.8Co/c1-2-6-12-10-5-3-4-9(7-10)8-11;1-2-6-11-9-5-3-4-8(10)7-9;1-11(2)9-5-3-4-8(6-9)7-10;1-2-11-9-5-3-4-8(6-9)7-10;2*1-2-10-8-5-3-4-7(9)6-8;1-10-8-4-2-3-7(5-8)6-9;1-9-7-4-2-3-6(8)5-7;;;;;;;;/h3-5,7,12H,1-2,6H2;3-5,7H,1-2,6H2;3-6H,1H2,2H3;3-6,11H,1-2H2;2*3-6H,1-2H2;2-5,10H,1H2;2-5H,1H2;;;;;;;;/q8*-1;;;;;;;;. The molecule has 0 aliphatic carbocycles. The zero-order valence-electron chi connectivity index (χ0n) is 49.6. The number of nitriles is 4. The number of halogens is 4. The SMILES string of the molecule is [CH2-]CCNc1cccc(C#N)c1.[CH2-]CCOc1cccc(F)c1.[CH2-]CNc1cccc(C#N)c1.[CH2-]COc1cccc(Cl)c1.[CH2-]COc1cccc(F)c1.[CH2-]N(C)c1cccc(C#N)c1.[CH2-]Nc1cccc(C#N)c1.[CH2-]Oc1cccc(Cl)c1.[Co].[Co].[Co].[Co].[Co].[Co].[Co].[Co]. The van der Waals surface area contributed by atoms with Gasteiger partial charge in [0.05, 0.1) is 58.9 Å². The Morgan fingerprint density at radius 1 is 0.446 bits per heavy atom. The third kappa shape index (κ3) is 51.1. The van der Waals surface area contributed by atoms with Crippen LogP contribution in [0.2, 0.25) is 10.0 Å². The van der Waals surface area contributed by atoms with Crippen LogP contribution in [0.15, 0.2) is 194 Å². The molecule has 8 radical (unpaired) electrons. The molecular formula is C68H68Cl2Co8F2N8O4-8. The number of benzene rings is 8. The van der Waals surface area contributed by atoms with Crippen molar-refractivity contribution in [3.05, 3.63) is 294 Å². The summed E-state index contributed by atoms with van der Waals surface area (Å²) in [4.78, 5) is 1.72. The molecule has 92 heavy (non-hydrogen) atoms. The molecule has 24 heteroatoms. The van der Waals surface area contributed by atoms with Crippen LogP contribution in [0.1, 0.15) is 35.1 Å². The van der Waals surface area contributed by atoms with Crippen LogP contribution in [-0.2, 0) is 134 Å². The third-order valence-corrected chi connectivity index (χ3v) is 10.2. The molecule has 0 saturated heterocycles. The summed E-state index contributed by atoms with van der Waals surface area (Å²) >= 11 is 11.3. The summed E-state index contributed by atoms with van der Waals surface area (Å²) in [5.74, 6) is 1.98. The first-order chi connectivity index (χ1) is 40.6. The average molecular weight is 1640 g/mol. The molecule has 0 unspecified atom stereocenters. The van der Waals surface area contributed by atoms with Gasteiger partial charge in [-0.25, -0.2) is 8.78 Å². The summed E-state index contributed by atoms with van der Waals surface area (Å²) in [5, 5.41) is 44.4. The van der Waals surface area contributed by atoms with E-state index >= 15 is 0 Å². The zero-order chi connectivity index (χ0) is 62.2. The van der Waals surface area contributed by atoms with Crippen molar-refractivity contribution < 1.29 is 162 Å². The van der Waals surface area contributed by atoms with Crippen LogP contribution in [-0.4, -0.2) is 40.0 Å². The van der Waals surface area contributed by atoms with Crippen molar-refractivity contribution in [3.63, 3.8) is 0 Å². The molecule has 0 spiro atoms. The predicted molar refractivity (Wildman–Crippen MR) is 339 cm³/mol. The summed E-state index contributed by atoms with van der Waals surface area (Å²) in [7, 11) is 12.3. The van der Waals surface area contributed by atoms with Crippen molar-refractivity contribution in [2.45, 2.75) is 12.8 Å².